The number of hydrogen-bond acceptors (Lipinski definition) is 4. The number of aliphatic hydroxyl groups excluding tert-OH is 1. The van der Waals surface area contributed by atoms with Crippen molar-refractivity contribution in [2.24, 2.45) is 56.2 Å². The Hall–Kier alpha value is -1.67. The van der Waals surface area contributed by atoms with E-state index < -0.39 is 11.5 Å². The highest BCUT2D eigenvalue weighted by atomic mass is 16.5. The zero-order valence-corrected chi connectivity index (χ0v) is 24.9. The van der Waals surface area contributed by atoms with Crippen LogP contribution < -0.4 is 0 Å². The van der Waals surface area contributed by atoms with Crippen LogP contribution in [0.5, 0.6) is 0 Å². The lowest BCUT2D eigenvalue weighted by atomic mass is 9.31. The molecule has 38 heavy (non-hydrogen) atoms. The fourth-order valence-corrected chi connectivity index (χ4v) is 11.4. The van der Waals surface area contributed by atoms with Crippen molar-refractivity contribution in [1.29, 1.82) is 0 Å². The Morgan fingerprint density at radius 3 is 2.32 bits per heavy atom. The molecular weight excluding hydrogens is 474 g/mol. The fraction of sp³-hybridized carbons (Fsp3) is 0.848. The quantitative estimate of drug-likeness (QED) is 0.313. The molecule has 5 heteroatoms. The SMILES string of the molecule is [C-]#[N+]C1=C[C@]2(C)[C@H]3C[C@@H](O)[C@@H]4[C@@H]5CC(C)(C)CC[C@]5(CC(=O)OC)CC[C@@]4(C)[C@]3(C)CC[C@H]2C(C)(C)C1=O. The standard InChI is InChI=1S/C33H49NO4/c1-28(2)12-14-33(19-25(36)38-9)15-13-32(7)26(20(33)17-28)22(35)16-24-30(5)18-21(34-8)27(37)29(3,4)23(30)10-11-31(24,32)6/h18,20,22-24,26,35H,10-17,19H2,1-7,9H3/t20-,22+,23-,24+,26-,30-,31+,32+,33+/m0/s1. The molecule has 0 saturated heterocycles. The van der Waals surface area contributed by atoms with Gasteiger partial charge in [-0.2, -0.15) is 0 Å². The van der Waals surface area contributed by atoms with Gasteiger partial charge in [-0.25, -0.2) is 4.85 Å². The molecule has 4 saturated carbocycles. The summed E-state index contributed by atoms with van der Waals surface area (Å²) in [5.74, 6) is 0.624. The van der Waals surface area contributed by atoms with Gasteiger partial charge in [-0.1, -0.05) is 54.5 Å². The van der Waals surface area contributed by atoms with Gasteiger partial charge < -0.3 is 14.6 Å². The molecule has 5 aliphatic carbocycles. The topological polar surface area (TPSA) is 68.0 Å². The van der Waals surface area contributed by atoms with E-state index in [1.165, 1.54) is 7.11 Å². The van der Waals surface area contributed by atoms with E-state index in [1.807, 2.05) is 19.9 Å². The third-order valence-corrected chi connectivity index (χ3v) is 13.6. The number of fused-ring (bicyclic) bond motifs is 7. The second-order valence-corrected chi connectivity index (χ2v) is 16.0. The molecule has 0 heterocycles. The van der Waals surface area contributed by atoms with Gasteiger partial charge in [-0.3, -0.25) is 4.79 Å². The van der Waals surface area contributed by atoms with E-state index in [0.717, 1.165) is 44.9 Å². The normalized spacial score (nSPS) is 48.8. The number of carbonyl (C=O) groups is 2. The number of ketones is 1. The molecule has 0 aliphatic heterocycles. The minimum absolute atomic E-state index is 0.0197. The molecule has 0 spiro atoms. The summed E-state index contributed by atoms with van der Waals surface area (Å²) in [5, 5.41) is 12.2. The van der Waals surface area contributed by atoms with Crippen LogP contribution in [0, 0.1) is 62.7 Å². The Morgan fingerprint density at radius 1 is 1.03 bits per heavy atom. The molecule has 9 atom stereocenters. The minimum Gasteiger partial charge on any atom is -0.469 e. The van der Waals surface area contributed by atoms with Gasteiger partial charge in [0.25, 0.3) is 0 Å². The van der Waals surface area contributed by atoms with Crippen molar-refractivity contribution in [3.8, 4) is 0 Å². The molecular formula is C33H49NO4. The highest BCUT2D eigenvalue weighted by molar-refractivity contribution is 6.02. The molecule has 5 aliphatic rings. The smallest absolute Gasteiger partial charge is 0.306 e. The monoisotopic (exact) mass is 523 g/mol. The van der Waals surface area contributed by atoms with Gasteiger partial charge in [0, 0.05) is 5.41 Å². The van der Waals surface area contributed by atoms with Crippen LogP contribution in [0.4, 0.5) is 0 Å². The van der Waals surface area contributed by atoms with Crippen LogP contribution in [0.1, 0.15) is 106 Å². The number of nitrogens with zero attached hydrogens (tertiary/aromatic N) is 1. The number of carbonyl (C=O) groups excluding carboxylic acids is 2. The Bertz CT molecular complexity index is 1110. The van der Waals surface area contributed by atoms with Crippen molar-refractivity contribution in [1.82, 2.24) is 0 Å². The van der Waals surface area contributed by atoms with Crippen LogP contribution in [0.15, 0.2) is 11.8 Å². The molecule has 0 aromatic heterocycles. The maximum atomic E-state index is 13.3. The summed E-state index contributed by atoms with van der Waals surface area (Å²) in [4.78, 5) is 29.7. The molecule has 0 amide bonds. The van der Waals surface area contributed by atoms with Crippen LogP contribution in [0.25, 0.3) is 4.85 Å². The second kappa shape index (κ2) is 8.42. The van der Waals surface area contributed by atoms with Crippen molar-refractivity contribution in [3.05, 3.63) is 23.2 Å². The Balaban J connectivity index is 1.61. The lowest BCUT2D eigenvalue weighted by Crippen LogP contribution is -2.69. The number of Topliss-reactive ketones (excluding diaryl/α,β-unsaturated/α-hetero) is 1. The molecule has 0 aromatic rings. The van der Waals surface area contributed by atoms with Crippen molar-refractivity contribution in [2.75, 3.05) is 7.11 Å². The van der Waals surface area contributed by atoms with Crippen LogP contribution in [-0.4, -0.2) is 30.1 Å². The van der Waals surface area contributed by atoms with Crippen LogP contribution in [-0.2, 0) is 14.3 Å². The Labute approximate surface area is 230 Å². The molecule has 5 nitrogen and oxygen atoms in total. The lowest BCUT2D eigenvalue weighted by molar-refractivity contribution is -0.261. The zero-order chi connectivity index (χ0) is 28.1. The van der Waals surface area contributed by atoms with Gasteiger partial charge in [-0.15, -0.1) is 0 Å². The van der Waals surface area contributed by atoms with E-state index in [2.05, 4.69) is 39.5 Å². The molecule has 0 radical (unpaired) electrons. The maximum absolute atomic E-state index is 13.3. The van der Waals surface area contributed by atoms with Gasteiger partial charge in [-0.05, 0) is 102 Å². The summed E-state index contributed by atoms with van der Waals surface area (Å²) in [6.45, 7) is 23.8. The van der Waals surface area contributed by atoms with Crippen molar-refractivity contribution < 1.29 is 19.4 Å². The van der Waals surface area contributed by atoms with E-state index in [9.17, 15) is 14.7 Å². The van der Waals surface area contributed by atoms with Gasteiger partial charge in [0.05, 0.1) is 26.2 Å². The van der Waals surface area contributed by atoms with Gasteiger partial charge >= 0.3 is 5.97 Å². The average molecular weight is 524 g/mol. The number of methoxy groups -OCH3 is 1. The summed E-state index contributed by atoms with van der Waals surface area (Å²) in [6.07, 6.45) is 9.86. The van der Waals surface area contributed by atoms with Crippen molar-refractivity contribution in [2.45, 2.75) is 112 Å². The fourth-order valence-electron chi connectivity index (χ4n) is 11.4. The Kier molecular flexibility index (Phi) is 6.18. The highest BCUT2D eigenvalue weighted by Crippen LogP contribution is 2.76. The van der Waals surface area contributed by atoms with Crippen molar-refractivity contribution >= 4 is 11.8 Å². The number of esters is 1. The first-order valence-electron chi connectivity index (χ1n) is 14.9. The van der Waals surface area contributed by atoms with Crippen LogP contribution >= 0.6 is 0 Å². The Morgan fingerprint density at radius 2 is 1.68 bits per heavy atom. The summed E-state index contributed by atoms with van der Waals surface area (Å²) in [7, 11) is 1.50. The third kappa shape index (κ3) is 3.50. The minimum atomic E-state index is -0.580. The summed E-state index contributed by atoms with van der Waals surface area (Å²) < 4.78 is 5.20. The molecule has 4 fully saturated rings. The van der Waals surface area contributed by atoms with E-state index in [4.69, 9.17) is 11.3 Å². The molecule has 0 unspecified atom stereocenters. The molecule has 1 N–H and O–H groups in total. The lowest BCUT2D eigenvalue weighted by Gasteiger charge is -2.73. The third-order valence-electron chi connectivity index (χ3n) is 13.6. The first kappa shape index (κ1) is 27.9. The largest absolute Gasteiger partial charge is 0.469 e. The van der Waals surface area contributed by atoms with E-state index >= 15 is 0 Å². The number of hydrogen-bond donors (Lipinski definition) is 1. The van der Waals surface area contributed by atoms with Crippen LogP contribution in [0.2, 0.25) is 0 Å². The number of ether oxygens (including phenoxy) is 1. The summed E-state index contributed by atoms with van der Waals surface area (Å²) in [6, 6.07) is 0. The zero-order valence-electron chi connectivity index (χ0n) is 24.9. The van der Waals surface area contributed by atoms with E-state index in [0.29, 0.717) is 12.8 Å². The van der Waals surface area contributed by atoms with E-state index in [1.54, 1.807) is 0 Å². The van der Waals surface area contributed by atoms with Gasteiger partial charge in [0.1, 0.15) is 0 Å². The summed E-state index contributed by atoms with van der Waals surface area (Å²) in [5.41, 5.74) is -0.636. The average Bonchev–Trinajstić information content (AvgIpc) is 2.83. The second-order valence-electron chi connectivity index (χ2n) is 16.0. The maximum Gasteiger partial charge on any atom is 0.306 e. The first-order valence-corrected chi connectivity index (χ1v) is 14.9. The number of aliphatic hydroxyl groups is 1. The number of rotatable bonds is 2. The molecule has 210 valence electrons. The van der Waals surface area contributed by atoms with Gasteiger partial charge in [0.15, 0.2) is 5.78 Å². The predicted octanol–water partition coefficient (Wildman–Crippen LogP) is 6.99. The molecule has 0 aromatic carbocycles. The van der Waals surface area contributed by atoms with Crippen molar-refractivity contribution in [3.63, 3.8) is 0 Å². The molecule has 0 bridgehead atoms. The van der Waals surface area contributed by atoms with Gasteiger partial charge in [0.2, 0.25) is 5.70 Å². The van der Waals surface area contributed by atoms with E-state index in [-0.39, 0.29) is 68.2 Å². The molecule has 5 rings (SSSR count). The number of allylic oxidation sites excluding steroid dienone is 2. The van der Waals surface area contributed by atoms with Crippen LogP contribution in [0.3, 0.4) is 0 Å². The highest BCUT2D eigenvalue weighted by Gasteiger charge is 2.71. The summed E-state index contributed by atoms with van der Waals surface area (Å²) >= 11 is 0. The first-order chi connectivity index (χ1) is 17.5. The predicted molar refractivity (Wildman–Crippen MR) is 148 cm³/mol.